The van der Waals surface area contributed by atoms with Crippen molar-refractivity contribution in [3.8, 4) is 0 Å². The second-order valence-electron chi connectivity index (χ2n) is 5.74. The van der Waals surface area contributed by atoms with Crippen molar-refractivity contribution in [3.63, 3.8) is 0 Å². The number of anilines is 1. The van der Waals surface area contributed by atoms with Crippen LogP contribution in [-0.2, 0) is 4.79 Å². The number of hydrazine groups is 1. The summed E-state index contributed by atoms with van der Waals surface area (Å²) in [6, 6.07) is 1.38. The lowest BCUT2D eigenvalue weighted by Gasteiger charge is -2.27. The second kappa shape index (κ2) is 8.52. The molecule has 0 saturated heterocycles. The van der Waals surface area contributed by atoms with E-state index in [0.29, 0.717) is 31.4 Å². The maximum Gasteiger partial charge on any atom is 0.404 e. The minimum Gasteiger partial charge on any atom is -0.465 e. The third-order valence-corrected chi connectivity index (χ3v) is 4.32. The Morgan fingerprint density at radius 3 is 2.48 bits per heavy atom. The number of halogens is 1. The minimum atomic E-state index is -1.06. The fourth-order valence-electron chi connectivity index (χ4n) is 2.78. The summed E-state index contributed by atoms with van der Waals surface area (Å²) in [6.07, 6.45) is 2.54. The van der Waals surface area contributed by atoms with Crippen molar-refractivity contribution in [2.24, 2.45) is 5.92 Å². The fourth-order valence-corrected chi connectivity index (χ4v) is 2.94. The molecule has 1 aliphatic carbocycles. The van der Waals surface area contributed by atoms with E-state index in [1.54, 1.807) is 7.05 Å². The highest BCUT2D eigenvalue weighted by Gasteiger charge is 2.27. The maximum absolute atomic E-state index is 12.2. The van der Waals surface area contributed by atoms with Crippen molar-refractivity contribution in [2.75, 3.05) is 12.4 Å². The molecule has 1 saturated carbocycles. The van der Waals surface area contributed by atoms with Gasteiger partial charge in [-0.25, -0.2) is 9.78 Å². The summed E-state index contributed by atoms with van der Waals surface area (Å²) >= 11 is 5.78. The van der Waals surface area contributed by atoms with Crippen molar-refractivity contribution in [1.82, 2.24) is 21.2 Å². The van der Waals surface area contributed by atoms with Crippen LogP contribution in [0.2, 0.25) is 5.15 Å². The standard InChI is InChI=1S/C15H20ClN5O4/c1-17-11-6-12(16)18-7-10(11)14(23)21-20-13(22)8-2-4-9(5-3-8)19-15(24)25/h6-9,19H,2-5H2,1H3,(H,17,18)(H,20,22)(H,21,23)(H,24,25). The van der Waals surface area contributed by atoms with Crippen LogP contribution in [-0.4, -0.2) is 41.1 Å². The quantitative estimate of drug-likeness (QED) is 0.402. The summed E-state index contributed by atoms with van der Waals surface area (Å²) in [4.78, 5) is 38.8. The van der Waals surface area contributed by atoms with Gasteiger partial charge in [-0.1, -0.05) is 11.6 Å². The molecule has 1 heterocycles. The third-order valence-electron chi connectivity index (χ3n) is 4.11. The Hall–Kier alpha value is -2.55. The van der Waals surface area contributed by atoms with E-state index in [1.807, 2.05) is 0 Å². The number of carboxylic acid groups (broad SMARTS) is 1. The molecule has 25 heavy (non-hydrogen) atoms. The summed E-state index contributed by atoms with van der Waals surface area (Å²) in [5, 5.41) is 14.2. The van der Waals surface area contributed by atoms with Gasteiger partial charge in [0.05, 0.1) is 11.3 Å². The van der Waals surface area contributed by atoms with Crippen LogP contribution in [0.25, 0.3) is 0 Å². The first-order valence-corrected chi connectivity index (χ1v) is 8.21. The zero-order valence-corrected chi connectivity index (χ0v) is 14.4. The number of aromatic nitrogens is 1. The molecule has 136 valence electrons. The van der Waals surface area contributed by atoms with Gasteiger partial charge in [0.2, 0.25) is 5.91 Å². The molecule has 5 N–H and O–H groups in total. The molecule has 0 bridgehead atoms. The number of carbonyl (C=O) groups is 3. The summed E-state index contributed by atoms with van der Waals surface area (Å²) in [5.74, 6) is -1.07. The van der Waals surface area contributed by atoms with Gasteiger partial charge in [-0.2, -0.15) is 0 Å². The van der Waals surface area contributed by atoms with Crippen LogP contribution in [0.3, 0.4) is 0 Å². The van der Waals surface area contributed by atoms with Gasteiger partial charge in [0.15, 0.2) is 0 Å². The molecule has 0 atom stereocenters. The lowest BCUT2D eigenvalue weighted by molar-refractivity contribution is -0.126. The first-order valence-electron chi connectivity index (χ1n) is 7.83. The van der Waals surface area contributed by atoms with Crippen LogP contribution in [0.15, 0.2) is 12.3 Å². The Kier molecular flexibility index (Phi) is 6.40. The molecular weight excluding hydrogens is 350 g/mol. The minimum absolute atomic E-state index is 0.130. The van der Waals surface area contributed by atoms with E-state index in [1.165, 1.54) is 12.3 Å². The zero-order valence-electron chi connectivity index (χ0n) is 13.6. The van der Waals surface area contributed by atoms with Crippen LogP contribution >= 0.6 is 11.6 Å². The Bertz CT molecular complexity index is 661. The van der Waals surface area contributed by atoms with E-state index in [2.05, 4.69) is 26.5 Å². The molecule has 0 unspecified atom stereocenters. The highest BCUT2D eigenvalue weighted by molar-refractivity contribution is 6.29. The predicted octanol–water partition coefficient (Wildman–Crippen LogP) is 1.36. The molecule has 9 nitrogen and oxygen atoms in total. The van der Waals surface area contributed by atoms with Gasteiger partial charge in [0.25, 0.3) is 5.91 Å². The smallest absolute Gasteiger partial charge is 0.404 e. The largest absolute Gasteiger partial charge is 0.465 e. The number of carbonyl (C=O) groups excluding carboxylic acids is 2. The zero-order chi connectivity index (χ0) is 18.4. The number of rotatable bonds is 4. The normalized spacial score (nSPS) is 19.6. The van der Waals surface area contributed by atoms with Gasteiger partial charge < -0.3 is 15.7 Å². The summed E-state index contributed by atoms with van der Waals surface area (Å²) in [6.45, 7) is 0. The summed E-state index contributed by atoms with van der Waals surface area (Å²) in [7, 11) is 1.64. The van der Waals surface area contributed by atoms with E-state index in [4.69, 9.17) is 16.7 Å². The van der Waals surface area contributed by atoms with Crippen LogP contribution in [0.1, 0.15) is 36.0 Å². The van der Waals surface area contributed by atoms with Gasteiger partial charge in [-0.3, -0.25) is 20.4 Å². The summed E-state index contributed by atoms with van der Waals surface area (Å²) in [5.41, 5.74) is 5.51. The van der Waals surface area contributed by atoms with E-state index in [-0.39, 0.29) is 28.6 Å². The monoisotopic (exact) mass is 369 g/mol. The fraction of sp³-hybridized carbons (Fsp3) is 0.467. The summed E-state index contributed by atoms with van der Waals surface area (Å²) < 4.78 is 0. The number of amides is 3. The highest BCUT2D eigenvalue weighted by atomic mass is 35.5. The van der Waals surface area contributed by atoms with Crippen molar-refractivity contribution >= 4 is 35.2 Å². The lowest BCUT2D eigenvalue weighted by Crippen LogP contribution is -2.46. The molecule has 3 amide bonds. The van der Waals surface area contributed by atoms with E-state index >= 15 is 0 Å². The molecule has 10 heteroatoms. The SMILES string of the molecule is CNc1cc(Cl)ncc1C(=O)NNC(=O)C1CCC(NC(=O)O)CC1. The first kappa shape index (κ1) is 18.8. The average Bonchev–Trinajstić information content (AvgIpc) is 2.59. The Balaban J connectivity index is 1.84. The van der Waals surface area contributed by atoms with Crippen molar-refractivity contribution in [2.45, 2.75) is 31.7 Å². The van der Waals surface area contributed by atoms with Gasteiger partial charge in [0, 0.05) is 25.2 Å². The second-order valence-corrected chi connectivity index (χ2v) is 6.13. The molecule has 0 radical (unpaired) electrons. The Labute approximate surface area is 149 Å². The van der Waals surface area contributed by atoms with Crippen molar-refractivity contribution in [3.05, 3.63) is 23.0 Å². The topological polar surface area (TPSA) is 132 Å². The molecule has 1 aromatic rings. The lowest BCUT2D eigenvalue weighted by atomic mass is 9.85. The van der Waals surface area contributed by atoms with E-state index in [0.717, 1.165) is 0 Å². The molecule has 1 aromatic heterocycles. The van der Waals surface area contributed by atoms with Gasteiger partial charge in [-0.15, -0.1) is 0 Å². The molecule has 2 rings (SSSR count). The molecule has 0 spiro atoms. The molecule has 0 aromatic carbocycles. The Morgan fingerprint density at radius 2 is 1.88 bits per heavy atom. The number of hydrogen-bond acceptors (Lipinski definition) is 5. The number of hydrogen-bond donors (Lipinski definition) is 5. The number of nitrogens with zero attached hydrogens (tertiary/aromatic N) is 1. The number of pyridine rings is 1. The van der Waals surface area contributed by atoms with Crippen molar-refractivity contribution in [1.29, 1.82) is 0 Å². The predicted molar refractivity (Wildman–Crippen MR) is 91.3 cm³/mol. The van der Waals surface area contributed by atoms with Crippen LogP contribution < -0.4 is 21.5 Å². The van der Waals surface area contributed by atoms with Gasteiger partial charge in [-0.05, 0) is 31.7 Å². The van der Waals surface area contributed by atoms with Crippen LogP contribution in [0.4, 0.5) is 10.5 Å². The third kappa shape index (κ3) is 5.21. The van der Waals surface area contributed by atoms with E-state index in [9.17, 15) is 14.4 Å². The average molecular weight is 370 g/mol. The first-order chi connectivity index (χ1) is 11.9. The van der Waals surface area contributed by atoms with Crippen LogP contribution in [0, 0.1) is 5.92 Å². The van der Waals surface area contributed by atoms with E-state index < -0.39 is 12.0 Å². The van der Waals surface area contributed by atoms with Crippen molar-refractivity contribution < 1.29 is 19.5 Å². The molecular formula is C15H20ClN5O4. The molecule has 1 fully saturated rings. The molecule has 0 aliphatic heterocycles. The maximum atomic E-state index is 12.2. The molecule has 1 aliphatic rings. The van der Waals surface area contributed by atoms with Gasteiger partial charge >= 0.3 is 6.09 Å². The number of nitrogens with one attached hydrogen (secondary N) is 4. The van der Waals surface area contributed by atoms with Gasteiger partial charge in [0.1, 0.15) is 5.15 Å². The highest BCUT2D eigenvalue weighted by Crippen LogP contribution is 2.24. The Morgan fingerprint density at radius 1 is 1.20 bits per heavy atom. The van der Waals surface area contributed by atoms with Crippen LogP contribution in [0.5, 0.6) is 0 Å².